The lowest BCUT2D eigenvalue weighted by molar-refractivity contribution is -0.122. The number of rotatable bonds is 3. The molecule has 0 N–H and O–H groups in total. The zero-order valence-corrected chi connectivity index (χ0v) is 9.10. The van der Waals surface area contributed by atoms with Gasteiger partial charge in [-0.3, -0.25) is 4.79 Å². The molecule has 1 aliphatic rings. The third kappa shape index (κ3) is 2.80. The van der Waals surface area contributed by atoms with E-state index in [1.54, 1.807) is 0 Å². The number of carbonyl (C=O) groups excluding carboxylic acids is 1. The molecule has 0 amide bonds. The van der Waals surface area contributed by atoms with Gasteiger partial charge in [-0.15, -0.1) is 0 Å². The van der Waals surface area contributed by atoms with E-state index in [1.807, 2.05) is 0 Å². The van der Waals surface area contributed by atoms with E-state index in [2.05, 4.69) is 25.9 Å². The summed E-state index contributed by atoms with van der Waals surface area (Å²) >= 11 is 0. The molecule has 13 heavy (non-hydrogen) atoms. The summed E-state index contributed by atoms with van der Waals surface area (Å²) in [6.45, 7) is 3.38. The summed E-state index contributed by atoms with van der Waals surface area (Å²) in [5, 5.41) is 0. The lowest BCUT2D eigenvalue weighted by Crippen LogP contribution is -2.36. The summed E-state index contributed by atoms with van der Waals surface area (Å²) in [6, 6.07) is 0. The van der Waals surface area contributed by atoms with E-state index >= 15 is 0 Å². The molecule has 0 spiro atoms. The van der Waals surface area contributed by atoms with E-state index in [-0.39, 0.29) is 0 Å². The van der Waals surface area contributed by atoms with Crippen molar-refractivity contribution in [3.8, 4) is 0 Å². The average molecular weight is 183 g/mol. The Hall–Kier alpha value is -0.370. The van der Waals surface area contributed by atoms with Crippen molar-refractivity contribution in [2.45, 2.75) is 39.0 Å². The van der Waals surface area contributed by atoms with Gasteiger partial charge in [-0.05, 0) is 38.8 Å². The zero-order valence-electron chi connectivity index (χ0n) is 9.10. The summed E-state index contributed by atoms with van der Waals surface area (Å²) in [5.41, 5.74) is 0.428. The minimum Gasteiger partial charge on any atom is -0.309 e. The quantitative estimate of drug-likeness (QED) is 0.667. The van der Waals surface area contributed by atoms with Gasteiger partial charge in [-0.2, -0.15) is 0 Å². The van der Waals surface area contributed by atoms with Crippen molar-refractivity contribution in [3.05, 3.63) is 0 Å². The second-order valence-corrected chi connectivity index (χ2v) is 4.63. The van der Waals surface area contributed by atoms with Crippen LogP contribution in [0.4, 0.5) is 0 Å². The molecule has 0 atom stereocenters. The number of ketones is 1. The van der Waals surface area contributed by atoms with Crippen molar-refractivity contribution in [2.24, 2.45) is 5.41 Å². The number of carbonyl (C=O) groups is 1. The lowest BCUT2D eigenvalue weighted by Gasteiger charge is -2.38. The number of nitrogens with zero attached hydrogens (tertiary/aromatic N) is 1. The molecule has 1 saturated carbocycles. The van der Waals surface area contributed by atoms with Crippen molar-refractivity contribution >= 4 is 5.78 Å². The van der Waals surface area contributed by atoms with Gasteiger partial charge in [0, 0.05) is 19.4 Å². The maximum atomic E-state index is 11.1. The van der Waals surface area contributed by atoms with Gasteiger partial charge < -0.3 is 4.90 Å². The third-order valence-corrected chi connectivity index (χ3v) is 3.27. The Morgan fingerprint density at radius 3 is 2.23 bits per heavy atom. The fourth-order valence-electron chi connectivity index (χ4n) is 2.35. The maximum absolute atomic E-state index is 11.1. The highest BCUT2D eigenvalue weighted by atomic mass is 16.1. The monoisotopic (exact) mass is 183 g/mol. The first-order valence-corrected chi connectivity index (χ1v) is 5.24. The van der Waals surface area contributed by atoms with Gasteiger partial charge in [0.1, 0.15) is 5.78 Å². The molecular formula is C11H21NO. The van der Waals surface area contributed by atoms with Crippen LogP contribution in [-0.2, 0) is 4.79 Å². The Morgan fingerprint density at radius 2 is 1.85 bits per heavy atom. The van der Waals surface area contributed by atoms with Crippen molar-refractivity contribution < 1.29 is 4.79 Å². The van der Waals surface area contributed by atoms with Crippen LogP contribution in [0.15, 0.2) is 0 Å². The van der Waals surface area contributed by atoms with Gasteiger partial charge in [0.05, 0.1) is 0 Å². The molecule has 0 bridgehead atoms. The van der Waals surface area contributed by atoms with E-state index in [0.29, 0.717) is 11.2 Å². The largest absolute Gasteiger partial charge is 0.309 e. The molecule has 1 rings (SSSR count). The fourth-order valence-corrected chi connectivity index (χ4v) is 2.35. The van der Waals surface area contributed by atoms with Crippen molar-refractivity contribution in [3.63, 3.8) is 0 Å². The molecule has 0 saturated heterocycles. The Bertz CT molecular complexity index is 177. The highest BCUT2D eigenvalue weighted by Crippen LogP contribution is 2.38. The second kappa shape index (κ2) is 4.23. The summed E-state index contributed by atoms with van der Waals surface area (Å²) in [5.74, 6) is 0.461. The molecule has 76 valence electrons. The van der Waals surface area contributed by atoms with E-state index in [9.17, 15) is 4.79 Å². The van der Waals surface area contributed by atoms with Crippen LogP contribution in [0.5, 0.6) is 0 Å². The lowest BCUT2D eigenvalue weighted by atomic mass is 9.71. The molecule has 0 aliphatic heterocycles. The molecular weight excluding hydrogens is 162 g/mol. The summed E-state index contributed by atoms with van der Waals surface area (Å²) in [4.78, 5) is 13.4. The fraction of sp³-hybridized carbons (Fsp3) is 0.909. The van der Waals surface area contributed by atoms with Crippen LogP contribution >= 0.6 is 0 Å². The van der Waals surface area contributed by atoms with Gasteiger partial charge in [0.2, 0.25) is 0 Å². The normalized spacial score (nSPS) is 22.3. The topological polar surface area (TPSA) is 20.3 Å². The molecule has 1 fully saturated rings. The molecule has 1 aliphatic carbocycles. The number of hydrogen-bond acceptors (Lipinski definition) is 2. The van der Waals surface area contributed by atoms with Crippen molar-refractivity contribution in [1.29, 1.82) is 0 Å². The van der Waals surface area contributed by atoms with Crippen LogP contribution in [0.25, 0.3) is 0 Å². The van der Waals surface area contributed by atoms with Crippen LogP contribution in [0.3, 0.4) is 0 Å². The van der Waals surface area contributed by atoms with Gasteiger partial charge in [0.25, 0.3) is 0 Å². The predicted octanol–water partition coefficient (Wildman–Crippen LogP) is 2.09. The molecule has 2 heteroatoms. The first-order chi connectivity index (χ1) is 6.08. The molecule has 0 aromatic rings. The van der Waals surface area contributed by atoms with E-state index in [4.69, 9.17) is 0 Å². The van der Waals surface area contributed by atoms with Crippen LogP contribution in [0.1, 0.15) is 39.0 Å². The standard InChI is InChI=1S/C11H21NO/c1-4-11(9-12(2)3)7-5-10(13)6-8-11/h4-9H2,1-3H3. The third-order valence-electron chi connectivity index (χ3n) is 3.27. The summed E-state index contributed by atoms with van der Waals surface area (Å²) < 4.78 is 0. The zero-order chi connectivity index (χ0) is 9.90. The maximum Gasteiger partial charge on any atom is 0.132 e. The van der Waals surface area contributed by atoms with Crippen LogP contribution in [-0.4, -0.2) is 31.3 Å². The first kappa shape index (κ1) is 10.7. The van der Waals surface area contributed by atoms with Crippen molar-refractivity contribution in [2.75, 3.05) is 20.6 Å². The minimum absolute atomic E-state index is 0.428. The molecule has 0 radical (unpaired) electrons. The van der Waals surface area contributed by atoms with E-state index in [1.165, 1.54) is 6.42 Å². The minimum atomic E-state index is 0.428. The van der Waals surface area contributed by atoms with E-state index in [0.717, 1.165) is 32.2 Å². The van der Waals surface area contributed by atoms with Crippen LogP contribution in [0, 0.1) is 5.41 Å². The molecule has 0 heterocycles. The summed E-state index contributed by atoms with van der Waals surface area (Å²) in [6.07, 6.45) is 5.02. The first-order valence-electron chi connectivity index (χ1n) is 5.24. The summed E-state index contributed by atoms with van der Waals surface area (Å²) in [7, 11) is 4.24. The van der Waals surface area contributed by atoms with Gasteiger partial charge in [-0.1, -0.05) is 6.92 Å². The smallest absolute Gasteiger partial charge is 0.132 e. The highest BCUT2D eigenvalue weighted by molar-refractivity contribution is 5.79. The second-order valence-electron chi connectivity index (χ2n) is 4.63. The van der Waals surface area contributed by atoms with Crippen LogP contribution in [0.2, 0.25) is 0 Å². The van der Waals surface area contributed by atoms with Gasteiger partial charge >= 0.3 is 0 Å². The molecule has 2 nitrogen and oxygen atoms in total. The Morgan fingerprint density at radius 1 is 1.31 bits per heavy atom. The molecule has 0 aromatic carbocycles. The van der Waals surface area contributed by atoms with Crippen LogP contribution < -0.4 is 0 Å². The number of hydrogen-bond donors (Lipinski definition) is 0. The predicted molar refractivity (Wildman–Crippen MR) is 54.8 cm³/mol. The van der Waals surface area contributed by atoms with E-state index < -0.39 is 0 Å². The van der Waals surface area contributed by atoms with Crippen molar-refractivity contribution in [1.82, 2.24) is 4.90 Å². The Balaban J connectivity index is 2.54. The highest BCUT2D eigenvalue weighted by Gasteiger charge is 2.33. The number of Topliss-reactive ketones (excluding diaryl/α,β-unsaturated/α-hetero) is 1. The van der Waals surface area contributed by atoms with Gasteiger partial charge in [-0.25, -0.2) is 0 Å². The average Bonchev–Trinajstić information content (AvgIpc) is 2.09. The SMILES string of the molecule is CCC1(CN(C)C)CCC(=O)CC1. The van der Waals surface area contributed by atoms with Gasteiger partial charge in [0.15, 0.2) is 0 Å². The Labute approximate surface area is 81.3 Å². The molecule has 0 aromatic heterocycles. The Kier molecular flexibility index (Phi) is 3.48. The molecule has 0 unspecified atom stereocenters.